The topological polar surface area (TPSA) is 136 Å². The fourth-order valence-electron chi connectivity index (χ4n) is 3.97. The Morgan fingerprint density at radius 2 is 2.15 bits per heavy atom. The van der Waals surface area contributed by atoms with Crippen LogP contribution in [0.5, 0.6) is 5.75 Å². The third kappa shape index (κ3) is 2.30. The maximum Gasteiger partial charge on any atom is 0.313 e. The highest BCUT2D eigenvalue weighted by Gasteiger charge is 2.67. The third-order valence-electron chi connectivity index (χ3n) is 5.05. The lowest BCUT2D eigenvalue weighted by molar-refractivity contribution is -0.385. The summed E-state index contributed by atoms with van der Waals surface area (Å²) in [6.07, 6.45) is 2.59. The number of carbonyl (C=O) groups is 3. The van der Waals surface area contributed by atoms with Crippen molar-refractivity contribution in [2.75, 3.05) is 11.5 Å². The fourth-order valence-corrected chi connectivity index (χ4v) is 3.97. The van der Waals surface area contributed by atoms with Crippen molar-refractivity contribution in [2.24, 2.45) is 11.8 Å². The van der Waals surface area contributed by atoms with E-state index >= 15 is 0 Å². The molecule has 10 nitrogen and oxygen atoms in total. The quantitative estimate of drug-likeness (QED) is 0.199. The molecule has 2 fully saturated rings. The third-order valence-corrected chi connectivity index (χ3v) is 5.05. The van der Waals surface area contributed by atoms with Gasteiger partial charge in [0, 0.05) is 13.0 Å². The highest BCUT2D eigenvalue weighted by molar-refractivity contribution is 6.23. The smallest absolute Gasteiger partial charge is 0.313 e. The van der Waals surface area contributed by atoms with E-state index in [2.05, 4.69) is 0 Å². The second-order valence-corrected chi connectivity index (χ2v) is 6.57. The molecule has 140 valence electrons. The van der Waals surface area contributed by atoms with Crippen LogP contribution in [-0.4, -0.2) is 46.1 Å². The van der Waals surface area contributed by atoms with Crippen molar-refractivity contribution < 1.29 is 33.9 Å². The van der Waals surface area contributed by atoms with E-state index in [4.69, 9.17) is 9.47 Å². The number of aliphatic hydroxyl groups is 1. The zero-order chi connectivity index (χ0) is 19.5. The van der Waals surface area contributed by atoms with Gasteiger partial charge in [0.2, 0.25) is 17.6 Å². The number of hydrogen-bond donors (Lipinski definition) is 1. The zero-order valence-corrected chi connectivity index (χ0v) is 14.0. The molecule has 1 aromatic carbocycles. The van der Waals surface area contributed by atoms with Crippen molar-refractivity contribution in [3.8, 4) is 5.75 Å². The lowest BCUT2D eigenvalue weighted by Gasteiger charge is -2.26. The van der Waals surface area contributed by atoms with Gasteiger partial charge in [0.15, 0.2) is 0 Å². The molecule has 1 aromatic rings. The number of rotatable bonds is 4. The molecule has 2 amide bonds. The first-order valence-corrected chi connectivity index (χ1v) is 8.12. The van der Waals surface area contributed by atoms with Crippen LogP contribution in [0.1, 0.15) is 6.92 Å². The number of esters is 1. The number of benzene rings is 1. The van der Waals surface area contributed by atoms with Crippen molar-refractivity contribution in [1.82, 2.24) is 0 Å². The van der Waals surface area contributed by atoms with Gasteiger partial charge in [-0.1, -0.05) is 12.2 Å². The Bertz CT molecular complexity index is 926. The van der Waals surface area contributed by atoms with E-state index in [0.717, 1.165) is 24.0 Å². The monoisotopic (exact) mass is 374 g/mol. The Labute approximate surface area is 152 Å². The summed E-state index contributed by atoms with van der Waals surface area (Å²) in [7, 11) is 0. The molecule has 3 aliphatic rings. The number of nitrogens with zero attached hydrogens (tertiary/aromatic N) is 2. The molecule has 0 aromatic heterocycles. The molecule has 27 heavy (non-hydrogen) atoms. The number of aliphatic hydroxyl groups excluding tert-OH is 1. The molecule has 1 N–H and O–H groups in total. The number of hydrogen-bond acceptors (Lipinski definition) is 8. The minimum atomic E-state index is -1.25. The van der Waals surface area contributed by atoms with Crippen molar-refractivity contribution >= 4 is 29.2 Å². The van der Waals surface area contributed by atoms with E-state index in [1.165, 1.54) is 6.07 Å². The Kier molecular flexibility index (Phi) is 3.65. The fraction of sp³-hybridized carbons (Fsp3) is 0.353. The summed E-state index contributed by atoms with van der Waals surface area (Å²) >= 11 is 0. The van der Waals surface area contributed by atoms with Gasteiger partial charge < -0.3 is 14.6 Å². The van der Waals surface area contributed by atoms with Crippen LogP contribution in [-0.2, 0) is 19.1 Å². The standard InChI is InChI=1S/C17H14N2O8/c1-8(21)26-11-3-2-9(6-10(11)19(24)25)18-15(22)13-12-4-5-17(7-20,27-12)14(13)16(18)23/h2-6,12-14,20H,7H2,1H3/t12-,13-,14-,17+/m1/s1. The number of ether oxygens (including phenoxy) is 2. The molecule has 3 heterocycles. The first kappa shape index (κ1) is 17.3. The molecule has 2 saturated heterocycles. The van der Waals surface area contributed by atoms with Gasteiger partial charge in [0.1, 0.15) is 5.60 Å². The maximum absolute atomic E-state index is 12.9. The van der Waals surface area contributed by atoms with Crippen LogP contribution in [0.3, 0.4) is 0 Å². The van der Waals surface area contributed by atoms with E-state index in [0.29, 0.717) is 0 Å². The Hall–Kier alpha value is -3.11. The van der Waals surface area contributed by atoms with Gasteiger partial charge in [-0.25, -0.2) is 4.90 Å². The van der Waals surface area contributed by atoms with Gasteiger partial charge in [0.25, 0.3) is 0 Å². The molecule has 0 saturated carbocycles. The predicted octanol–water partition coefficient (Wildman–Crippen LogP) is 0.325. The molecule has 0 radical (unpaired) electrons. The van der Waals surface area contributed by atoms with Gasteiger partial charge in [-0.2, -0.15) is 0 Å². The molecule has 2 bridgehead atoms. The predicted molar refractivity (Wildman–Crippen MR) is 87.7 cm³/mol. The molecule has 10 heteroatoms. The highest BCUT2D eigenvalue weighted by atomic mass is 16.6. The van der Waals surface area contributed by atoms with Crippen molar-refractivity contribution in [2.45, 2.75) is 18.6 Å². The van der Waals surface area contributed by atoms with E-state index < -0.39 is 58.5 Å². The minimum Gasteiger partial charge on any atom is -0.419 e. The summed E-state index contributed by atoms with van der Waals surface area (Å²) in [5, 5.41) is 21.0. The summed E-state index contributed by atoms with van der Waals surface area (Å²) in [6.45, 7) is 0.642. The lowest BCUT2D eigenvalue weighted by atomic mass is 9.77. The van der Waals surface area contributed by atoms with Crippen molar-refractivity contribution in [3.63, 3.8) is 0 Å². The van der Waals surface area contributed by atoms with Crippen molar-refractivity contribution in [3.05, 3.63) is 40.5 Å². The molecule has 3 aliphatic heterocycles. The SMILES string of the molecule is CC(=O)Oc1ccc(N2C(=O)[C@@H]3[C@H]4C=C[C@@](CO)(O4)[C@H]3C2=O)cc1[N+](=O)[O-]. The van der Waals surface area contributed by atoms with Crippen LogP contribution in [0.4, 0.5) is 11.4 Å². The van der Waals surface area contributed by atoms with Crippen LogP contribution in [0.15, 0.2) is 30.4 Å². The first-order valence-electron chi connectivity index (χ1n) is 8.12. The zero-order valence-electron chi connectivity index (χ0n) is 14.0. The Morgan fingerprint density at radius 1 is 1.41 bits per heavy atom. The summed E-state index contributed by atoms with van der Waals surface area (Å²) in [5.41, 5.74) is -1.80. The normalized spacial score (nSPS) is 30.7. The summed E-state index contributed by atoms with van der Waals surface area (Å²) < 4.78 is 10.4. The van der Waals surface area contributed by atoms with E-state index in [9.17, 15) is 29.6 Å². The molecule has 0 spiro atoms. The average molecular weight is 374 g/mol. The van der Waals surface area contributed by atoms with Crippen LogP contribution in [0.2, 0.25) is 0 Å². The van der Waals surface area contributed by atoms with Gasteiger partial charge in [-0.05, 0) is 12.1 Å². The van der Waals surface area contributed by atoms with Crippen LogP contribution in [0.25, 0.3) is 0 Å². The minimum absolute atomic E-state index is 0.00510. The Morgan fingerprint density at radius 3 is 2.78 bits per heavy atom. The molecule has 4 rings (SSSR count). The number of nitro groups is 1. The van der Waals surface area contributed by atoms with E-state index in [-0.39, 0.29) is 11.4 Å². The van der Waals surface area contributed by atoms with E-state index in [1.807, 2.05) is 0 Å². The van der Waals surface area contributed by atoms with Crippen LogP contribution >= 0.6 is 0 Å². The number of nitro benzene ring substituents is 1. The molecule has 4 atom stereocenters. The van der Waals surface area contributed by atoms with Gasteiger partial charge in [-0.3, -0.25) is 24.5 Å². The maximum atomic E-state index is 12.9. The Balaban J connectivity index is 1.74. The van der Waals surface area contributed by atoms with Gasteiger partial charge in [0.05, 0.1) is 35.2 Å². The average Bonchev–Trinajstić information content (AvgIpc) is 3.26. The number of fused-ring (bicyclic) bond motifs is 5. The largest absolute Gasteiger partial charge is 0.419 e. The highest BCUT2D eigenvalue weighted by Crippen LogP contribution is 2.52. The number of imide groups is 1. The van der Waals surface area contributed by atoms with Crippen molar-refractivity contribution in [1.29, 1.82) is 0 Å². The summed E-state index contributed by atoms with van der Waals surface area (Å²) in [4.78, 5) is 48.3. The molecular weight excluding hydrogens is 360 g/mol. The lowest BCUT2D eigenvalue weighted by Crippen LogP contribution is -2.43. The number of anilines is 1. The first-order chi connectivity index (χ1) is 12.8. The molecule has 0 aliphatic carbocycles. The summed E-state index contributed by atoms with van der Waals surface area (Å²) in [5.74, 6) is -3.85. The van der Waals surface area contributed by atoms with Crippen LogP contribution in [0, 0.1) is 22.0 Å². The van der Waals surface area contributed by atoms with E-state index in [1.54, 1.807) is 12.2 Å². The summed E-state index contributed by atoms with van der Waals surface area (Å²) in [6, 6.07) is 3.47. The number of carbonyl (C=O) groups excluding carboxylic acids is 3. The van der Waals surface area contributed by atoms with Crippen LogP contribution < -0.4 is 9.64 Å². The van der Waals surface area contributed by atoms with Gasteiger partial charge >= 0.3 is 11.7 Å². The second kappa shape index (κ2) is 5.69. The van der Waals surface area contributed by atoms with Gasteiger partial charge in [-0.15, -0.1) is 0 Å². The molecular formula is C17H14N2O8. The second-order valence-electron chi connectivity index (χ2n) is 6.57. The number of amides is 2. The molecule has 0 unspecified atom stereocenters.